The van der Waals surface area contributed by atoms with Gasteiger partial charge in [0.2, 0.25) is 0 Å². The fraction of sp³-hybridized carbons (Fsp3) is 0.800. The summed E-state index contributed by atoms with van der Waals surface area (Å²) < 4.78 is 9.83. The van der Waals surface area contributed by atoms with Crippen molar-refractivity contribution in [3.05, 3.63) is 0 Å². The Hall–Kier alpha value is -1.10. The van der Waals surface area contributed by atoms with E-state index in [0.29, 0.717) is 13.2 Å². The molecule has 0 amide bonds. The van der Waals surface area contributed by atoms with Gasteiger partial charge < -0.3 is 14.6 Å². The van der Waals surface area contributed by atoms with E-state index in [1.54, 1.807) is 6.92 Å². The average molecular weight is 218 g/mol. The molecule has 0 aromatic heterocycles. The van der Waals surface area contributed by atoms with Gasteiger partial charge >= 0.3 is 11.9 Å². The van der Waals surface area contributed by atoms with Crippen LogP contribution in [0.1, 0.15) is 20.8 Å². The van der Waals surface area contributed by atoms with Gasteiger partial charge in [0.05, 0.1) is 18.4 Å². The zero-order valence-corrected chi connectivity index (χ0v) is 9.36. The second kappa shape index (κ2) is 7.23. The summed E-state index contributed by atoms with van der Waals surface area (Å²) in [6, 6.07) is 0. The molecule has 0 aliphatic heterocycles. The number of hydrogen-bond acceptors (Lipinski definition) is 4. The van der Waals surface area contributed by atoms with Crippen LogP contribution in [-0.4, -0.2) is 36.9 Å². The van der Waals surface area contributed by atoms with Gasteiger partial charge in [-0.3, -0.25) is 9.59 Å². The van der Waals surface area contributed by atoms with E-state index in [0.717, 1.165) is 0 Å². The van der Waals surface area contributed by atoms with Crippen molar-refractivity contribution >= 4 is 11.9 Å². The Balaban J connectivity index is 3.84. The summed E-state index contributed by atoms with van der Waals surface area (Å²) in [5.41, 5.74) is 0. The van der Waals surface area contributed by atoms with E-state index in [4.69, 9.17) is 14.6 Å². The second-order valence-electron chi connectivity index (χ2n) is 3.28. The van der Waals surface area contributed by atoms with Crippen LogP contribution in [0.15, 0.2) is 0 Å². The number of esters is 1. The number of carbonyl (C=O) groups excluding carboxylic acids is 1. The van der Waals surface area contributed by atoms with Crippen molar-refractivity contribution < 1.29 is 24.2 Å². The average Bonchev–Trinajstić information content (AvgIpc) is 2.21. The third kappa shape index (κ3) is 5.37. The van der Waals surface area contributed by atoms with E-state index in [9.17, 15) is 9.59 Å². The summed E-state index contributed by atoms with van der Waals surface area (Å²) in [6.07, 6.45) is 0. The molecule has 0 aliphatic carbocycles. The molecular formula is C10H18O5. The molecule has 0 rings (SSSR count). The monoisotopic (exact) mass is 218 g/mol. The summed E-state index contributed by atoms with van der Waals surface area (Å²) in [5.74, 6) is -2.86. The number of aliphatic carboxylic acids is 1. The third-order valence-corrected chi connectivity index (χ3v) is 2.19. The predicted octanol–water partition coefficient (Wildman–Crippen LogP) is 0.923. The molecule has 2 atom stereocenters. The fourth-order valence-corrected chi connectivity index (χ4v) is 0.895. The zero-order valence-electron chi connectivity index (χ0n) is 9.36. The summed E-state index contributed by atoms with van der Waals surface area (Å²) in [7, 11) is 0. The van der Waals surface area contributed by atoms with E-state index < -0.39 is 23.8 Å². The summed E-state index contributed by atoms with van der Waals surface area (Å²) >= 11 is 0. The first kappa shape index (κ1) is 13.9. The lowest BCUT2D eigenvalue weighted by Crippen LogP contribution is -2.27. The van der Waals surface area contributed by atoms with Crippen molar-refractivity contribution in [2.24, 2.45) is 11.8 Å². The van der Waals surface area contributed by atoms with Gasteiger partial charge in [0, 0.05) is 6.61 Å². The van der Waals surface area contributed by atoms with E-state index >= 15 is 0 Å². The molecule has 0 radical (unpaired) electrons. The van der Waals surface area contributed by atoms with Crippen molar-refractivity contribution in [2.45, 2.75) is 20.8 Å². The highest BCUT2D eigenvalue weighted by atomic mass is 16.6. The van der Waals surface area contributed by atoms with Gasteiger partial charge in [0.25, 0.3) is 0 Å². The maximum atomic E-state index is 11.3. The Bertz CT molecular complexity index is 214. The predicted molar refractivity (Wildman–Crippen MR) is 53.4 cm³/mol. The molecule has 15 heavy (non-hydrogen) atoms. The minimum absolute atomic E-state index is 0.170. The summed E-state index contributed by atoms with van der Waals surface area (Å²) in [4.78, 5) is 21.9. The molecule has 0 spiro atoms. The van der Waals surface area contributed by atoms with Gasteiger partial charge in [0.15, 0.2) is 0 Å². The maximum Gasteiger partial charge on any atom is 0.309 e. The lowest BCUT2D eigenvalue weighted by atomic mass is 9.96. The first-order chi connectivity index (χ1) is 7.00. The normalized spacial score (nSPS) is 14.3. The molecule has 5 heteroatoms. The minimum Gasteiger partial charge on any atom is -0.481 e. The van der Waals surface area contributed by atoms with Gasteiger partial charge in [-0.25, -0.2) is 0 Å². The van der Waals surface area contributed by atoms with E-state index in [2.05, 4.69) is 0 Å². The van der Waals surface area contributed by atoms with Gasteiger partial charge in [-0.05, 0) is 6.92 Å². The number of carbonyl (C=O) groups is 2. The van der Waals surface area contributed by atoms with Crippen LogP contribution in [0.5, 0.6) is 0 Å². The number of carboxylic acid groups (broad SMARTS) is 1. The number of hydrogen-bond donors (Lipinski definition) is 1. The molecule has 0 aliphatic rings. The molecule has 0 saturated carbocycles. The fourth-order valence-electron chi connectivity index (χ4n) is 0.895. The highest BCUT2D eigenvalue weighted by Crippen LogP contribution is 2.12. The van der Waals surface area contributed by atoms with Crippen LogP contribution in [0.4, 0.5) is 0 Å². The quantitative estimate of drug-likeness (QED) is 0.508. The van der Waals surface area contributed by atoms with Gasteiger partial charge in [-0.2, -0.15) is 0 Å². The topological polar surface area (TPSA) is 72.8 Å². The van der Waals surface area contributed by atoms with E-state index in [-0.39, 0.29) is 6.61 Å². The van der Waals surface area contributed by atoms with Crippen molar-refractivity contribution in [3.8, 4) is 0 Å². The van der Waals surface area contributed by atoms with Crippen molar-refractivity contribution in [3.63, 3.8) is 0 Å². The lowest BCUT2D eigenvalue weighted by molar-refractivity contribution is -0.157. The molecule has 2 unspecified atom stereocenters. The molecule has 5 nitrogen and oxygen atoms in total. The van der Waals surface area contributed by atoms with Gasteiger partial charge in [-0.1, -0.05) is 13.8 Å². The Kier molecular flexibility index (Phi) is 6.70. The first-order valence-corrected chi connectivity index (χ1v) is 4.97. The van der Waals surface area contributed by atoms with Crippen molar-refractivity contribution in [1.29, 1.82) is 0 Å². The Labute approximate surface area is 89.4 Å². The smallest absolute Gasteiger partial charge is 0.309 e. The Morgan fingerprint density at radius 3 is 2.27 bits per heavy atom. The van der Waals surface area contributed by atoms with Crippen LogP contribution in [0, 0.1) is 11.8 Å². The molecule has 0 aromatic carbocycles. The van der Waals surface area contributed by atoms with Crippen LogP contribution in [0.3, 0.4) is 0 Å². The molecular weight excluding hydrogens is 200 g/mol. The van der Waals surface area contributed by atoms with E-state index in [1.165, 1.54) is 6.92 Å². The molecule has 0 bridgehead atoms. The van der Waals surface area contributed by atoms with Crippen LogP contribution in [-0.2, 0) is 19.1 Å². The SMILES string of the molecule is CCOCCOC(=O)C(C)C(C)C(=O)O. The Morgan fingerprint density at radius 1 is 1.20 bits per heavy atom. The number of ether oxygens (including phenoxy) is 2. The number of rotatable bonds is 7. The van der Waals surface area contributed by atoms with E-state index in [1.807, 2.05) is 6.92 Å². The molecule has 1 N–H and O–H groups in total. The van der Waals surface area contributed by atoms with Gasteiger partial charge in [0.1, 0.15) is 6.61 Å². The summed E-state index contributed by atoms with van der Waals surface area (Å²) in [5, 5.41) is 8.68. The first-order valence-electron chi connectivity index (χ1n) is 4.97. The largest absolute Gasteiger partial charge is 0.481 e. The molecule has 0 aromatic rings. The van der Waals surface area contributed by atoms with Crippen LogP contribution in [0.2, 0.25) is 0 Å². The van der Waals surface area contributed by atoms with Crippen molar-refractivity contribution in [2.75, 3.05) is 19.8 Å². The second-order valence-corrected chi connectivity index (χ2v) is 3.28. The molecule has 0 fully saturated rings. The van der Waals surface area contributed by atoms with Crippen LogP contribution in [0.25, 0.3) is 0 Å². The van der Waals surface area contributed by atoms with Gasteiger partial charge in [-0.15, -0.1) is 0 Å². The van der Waals surface area contributed by atoms with Crippen LogP contribution >= 0.6 is 0 Å². The van der Waals surface area contributed by atoms with Crippen molar-refractivity contribution in [1.82, 2.24) is 0 Å². The highest BCUT2D eigenvalue weighted by molar-refractivity contribution is 5.80. The Morgan fingerprint density at radius 2 is 1.80 bits per heavy atom. The zero-order chi connectivity index (χ0) is 11.8. The summed E-state index contributed by atoms with van der Waals surface area (Å²) in [6.45, 7) is 5.95. The maximum absolute atomic E-state index is 11.3. The highest BCUT2D eigenvalue weighted by Gasteiger charge is 2.26. The van der Waals surface area contributed by atoms with Crippen LogP contribution < -0.4 is 0 Å². The molecule has 0 saturated heterocycles. The standard InChI is InChI=1S/C10H18O5/c1-4-14-5-6-15-10(13)8(3)7(2)9(11)12/h7-8H,4-6H2,1-3H3,(H,11,12). The number of carboxylic acids is 1. The lowest BCUT2D eigenvalue weighted by Gasteiger charge is -2.14. The molecule has 0 heterocycles. The third-order valence-electron chi connectivity index (χ3n) is 2.19. The molecule has 88 valence electrons. The minimum atomic E-state index is -0.996.